The number of carbonyl (C=O) groups is 1. The Labute approximate surface area is 416 Å². The van der Waals surface area contributed by atoms with Gasteiger partial charge in [0.25, 0.3) is 0 Å². The lowest BCUT2D eigenvalue weighted by Gasteiger charge is -2.25. The number of nitrogens with zero attached hydrogens (tertiary/aromatic N) is 1. The molecule has 0 saturated heterocycles. The zero-order valence-electron chi connectivity index (χ0n) is 44.9. The number of phosphoric acid groups is 1. The van der Waals surface area contributed by atoms with Crippen LogP contribution < -0.4 is 5.32 Å². The summed E-state index contributed by atoms with van der Waals surface area (Å²) in [5, 5.41) is 13.9. The molecule has 3 atom stereocenters. The van der Waals surface area contributed by atoms with Crippen LogP contribution in [0.1, 0.15) is 264 Å². The third-order valence-electron chi connectivity index (χ3n) is 12.7. The van der Waals surface area contributed by atoms with Gasteiger partial charge in [-0.25, -0.2) is 4.57 Å². The van der Waals surface area contributed by atoms with Crippen molar-refractivity contribution in [1.29, 1.82) is 0 Å². The fourth-order valence-corrected chi connectivity index (χ4v) is 8.98. The molecule has 0 aliphatic carbocycles. The Morgan fingerprint density at radius 2 is 0.821 bits per heavy atom. The average Bonchev–Trinajstić information content (AvgIpc) is 3.29. The minimum atomic E-state index is -4.36. The zero-order valence-corrected chi connectivity index (χ0v) is 45.8. The second-order valence-corrected chi connectivity index (χ2v) is 22.1. The molecule has 8 nitrogen and oxygen atoms in total. The summed E-state index contributed by atoms with van der Waals surface area (Å²) in [5.41, 5.74) is 0. The molecule has 0 saturated carbocycles. The molecule has 0 heterocycles. The van der Waals surface area contributed by atoms with Crippen molar-refractivity contribution in [1.82, 2.24) is 5.32 Å². The van der Waals surface area contributed by atoms with Gasteiger partial charge in [0.15, 0.2) is 0 Å². The molecule has 0 rings (SSSR count). The lowest BCUT2D eigenvalue weighted by atomic mass is 10.0. The molecule has 0 aromatic rings. The van der Waals surface area contributed by atoms with Crippen LogP contribution in [0.2, 0.25) is 0 Å². The van der Waals surface area contributed by atoms with Gasteiger partial charge in [-0.3, -0.25) is 13.8 Å². The second kappa shape index (κ2) is 49.4. The molecule has 1 amide bonds. The van der Waals surface area contributed by atoms with E-state index in [2.05, 4.69) is 55.6 Å². The molecule has 0 fully saturated rings. The Morgan fingerprint density at radius 3 is 1.19 bits per heavy atom. The van der Waals surface area contributed by atoms with Gasteiger partial charge in [-0.05, 0) is 70.6 Å². The number of carbonyl (C=O) groups excluding carboxylic acids is 1. The first-order valence-electron chi connectivity index (χ1n) is 28.5. The van der Waals surface area contributed by atoms with Crippen LogP contribution in [0.5, 0.6) is 0 Å². The summed E-state index contributed by atoms with van der Waals surface area (Å²) in [5.74, 6) is -0.191. The lowest BCUT2D eigenvalue weighted by molar-refractivity contribution is -0.870. The van der Waals surface area contributed by atoms with Gasteiger partial charge in [0, 0.05) is 6.42 Å². The molecule has 0 spiro atoms. The van der Waals surface area contributed by atoms with Crippen molar-refractivity contribution < 1.29 is 32.9 Å². The van der Waals surface area contributed by atoms with Crippen LogP contribution in [-0.2, 0) is 18.4 Å². The Bertz CT molecular complexity index is 1230. The zero-order chi connectivity index (χ0) is 49.2. The maximum Gasteiger partial charge on any atom is 0.472 e. The first-order chi connectivity index (χ1) is 32.5. The molecule has 0 radical (unpaired) electrons. The summed E-state index contributed by atoms with van der Waals surface area (Å²) in [6.07, 6.45) is 65.0. The number of aliphatic hydroxyl groups excluding tert-OH is 1. The summed E-state index contributed by atoms with van der Waals surface area (Å²) in [4.78, 5) is 23.3. The van der Waals surface area contributed by atoms with Crippen LogP contribution in [0.3, 0.4) is 0 Å². The molecule has 0 aliphatic heterocycles. The van der Waals surface area contributed by atoms with E-state index in [1.165, 1.54) is 199 Å². The molecule has 0 aromatic carbocycles. The highest BCUT2D eigenvalue weighted by Crippen LogP contribution is 2.43. The van der Waals surface area contributed by atoms with Crippen molar-refractivity contribution in [2.75, 3.05) is 40.9 Å². The molecule has 394 valence electrons. The molecular formula is C58H112N2O6P+. The van der Waals surface area contributed by atoms with E-state index >= 15 is 0 Å². The normalized spacial score (nSPS) is 14.3. The van der Waals surface area contributed by atoms with Gasteiger partial charge < -0.3 is 19.8 Å². The van der Waals surface area contributed by atoms with E-state index in [1.54, 1.807) is 6.08 Å². The fraction of sp³-hybridized carbons (Fsp3) is 0.845. The number of unbranched alkanes of at least 4 members (excludes halogenated alkanes) is 33. The van der Waals surface area contributed by atoms with Gasteiger partial charge in [0.2, 0.25) is 5.91 Å². The Kier molecular flexibility index (Phi) is 48.3. The van der Waals surface area contributed by atoms with E-state index in [-0.39, 0.29) is 19.1 Å². The van der Waals surface area contributed by atoms with E-state index in [1.807, 2.05) is 27.2 Å². The van der Waals surface area contributed by atoms with Crippen LogP contribution in [-0.4, -0.2) is 73.4 Å². The molecule has 3 N–H and O–H groups in total. The minimum Gasteiger partial charge on any atom is -0.387 e. The van der Waals surface area contributed by atoms with Crippen LogP contribution in [0.4, 0.5) is 0 Å². The number of hydrogen-bond acceptors (Lipinski definition) is 5. The number of rotatable bonds is 52. The van der Waals surface area contributed by atoms with Crippen molar-refractivity contribution >= 4 is 13.7 Å². The number of phosphoric ester groups is 1. The lowest BCUT2D eigenvalue weighted by Crippen LogP contribution is -2.45. The number of nitrogens with one attached hydrogen (secondary N) is 1. The van der Waals surface area contributed by atoms with Crippen molar-refractivity contribution in [3.8, 4) is 0 Å². The molecule has 0 aromatic heterocycles. The summed E-state index contributed by atoms with van der Waals surface area (Å²) >= 11 is 0. The summed E-state index contributed by atoms with van der Waals surface area (Å²) in [6, 6.07) is -0.871. The third-order valence-corrected chi connectivity index (χ3v) is 13.7. The van der Waals surface area contributed by atoms with Crippen molar-refractivity contribution in [2.45, 2.75) is 276 Å². The average molecular weight is 965 g/mol. The van der Waals surface area contributed by atoms with Crippen LogP contribution in [0, 0.1) is 0 Å². The van der Waals surface area contributed by atoms with E-state index in [0.29, 0.717) is 17.4 Å². The largest absolute Gasteiger partial charge is 0.472 e. The molecule has 9 heteroatoms. The summed E-state index contributed by atoms with van der Waals surface area (Å²) in [6.45, 7) is 4.81. The summed E-state index contributed by atoms with van der Waals surface area (Å²) in [7, 11) is 1.55. The third kappa shape index (κ3) is 52.1. The Hall–Kier alpha value is -1.54. The van der Waals surface area contributed by atoms with Crippen molar-refractivity contribution in [2.24, 2.45) is 0 Å². The van der Waals surface area contributed by atoms with Crippen LogP contribution in [0.25, 0.3) is 0 Å². The first-order valence-corrected chi connectivity index (χ1v) is 30.0. The predicted octanol–water partition coefficient (Wildman–Crippen LogP) is 17.2. The Morgan fingerprint density at radius 1 is 0.493 bits per heavy atom. The maximum atomic E-state index is 13.0. The monoisotopic (exact) mass is 964 g/mol. The number of hydrogen-bond donors (Lipinski definition) is 3. The molecule has 67 heavy (non-hydrogen) atoms. The molecule has 0 bridgehead atoms. The molecular weight excluding hydrogens is 852 g/mol. The van der Waals surface area contributed by atoms with Gasteiger partial charge in [0.1, 0.15) is 13.2 Å². The van der Waals surface area contributed by atoms with Crippen molar-refractivity contribution in [3.05, 3.63) is 48.6 Å². The smallest absolute Gasteiger partial charge is 0.387 e. The first kappa shape index (κ1) is 65.5. The van der Waals surface area contributed by atoms with E-state index < -0.39 is 20.0 Å². The minimum absolute atomic E-state index is 0.0529. The highest BCUT2D eigenvalue weighted by molar-refractivity contribution is 7.47. The maximum absolute atomic E-state index is 13.0. The highest BCUT2D eigenvalue weighted by Gasteiger charge is 2.27. The number of amides is 1. The molecule has 3 unspecified atom stereocenters. The highest BCUT2D eigenvalue weighted by atomic mass is 31.2. The van der Waals surface area contributed by atoms with Crippen LogP contribution >= 0.6 is 7.82 Å². The standard InChI is InChI=1S/C58H111N2O6P/c1-6-8-10-12-14-16-18-20-22-24-26-27-28-29-30-31-32-34-36-38-40-42-44-46-48-50-52-58(62)59-56(55-66-67(63,64)65-54-53-60(3,4)5)57(61)51-49-47-45-43-41-39-37-35-33-25-23-21-19-17-15-13-11-9-7-2/h29-30,33,35,41,43,49,51,56-57,61H,6-28,31-32,34,36-40,42,44-48,50,52-55H2,1-5H3,(H-,59,62,63,64)/p+1/b30-29-,35-33+,43-41+,51-49+. The van der Waals surface area contributed by atoms with Crippen LogP contribution in [0.15, 0.2) is 48.6 Å². The topological polar surface area (TPSA) is 105 Å². The summed E-state index contributed by atoms with van der Waals surface area (Å²) < 4.78 is 23.7. The Balaban J connectivity index is 4.25. The fourth-order valence-electron chi connectivity index (χ4n) is 8.25. The number of likely N-dealkylation sites (N-methyl/N-ethyl adjacent to an activating group) is 1. The quantitative estimate of drug-likeness (QED) is 0.0243. The van der Waals surface area contributed by atoms with Gasteiger partial charge in [0.05, 0.1) is 39.9 Å². The SMILES string of the molecule is CCCCCCCCCCC/C=C/CC/C=C/CC/C=C/C(O)C(COP(=O)(O)OCC[N+](C)(C)C)NC(=O)CCCCCCCCCCCC/C=C\CCCCCCCCCCCCCC. The number of aliphatic hydroxyl groups is 1. The van der Waals surface area contributed by atoms with Gasteiger partial charge in [-0.2, -0.15) is 0 Å². The second-order valence-electron chi connectivity index (χ2n) is 20.6. The molecule has 0 aliphatic rings. The van der Waals surface area contributed by atoms with Crippen molar-refractivity contribution in [3.63, 3.8) is 0 Å². The van der Waals surface area contributed by atoms with Gasteiger partial charge in [-0.15, -0.1) is 0 Å². The van der Waals surface area contributed by atoms with Gasteiger partial charge in [-0.1, -0.05) is 236 Å². The number of quaternary nitrogens is 1. The van der Waals surface area contributed by atoms with E-state index in [0.717, 1.165) is 44.9 Å². The van der Waals surface area contributed by atoms with E-state index in [4.69, 9.17) is 9.05 Å². The van der Waals surface area contributed by atoms with E-state index in [9.17, 15) is 19.4 Å². The predicted molar refractivity (Wildman–Crippen MR) is 291 cm³/mol. The van der Waals surface area contributed by atoms with Gasteiger partial charge >= 0.3 is 7.82 Å². The number of allylic oxidation sites excluding steroid dienone is 7.